The van der Waals surface area contributed by atoms with Gasteiger partial charge in [-0.05, 0) is 84.0 Å². The number of hydrazine groups is 1. The molecule has 1 heterocycles. The Balaban J connectivity index is 1.54. The van der Waals surface area contributed by atoms with Gasteiger partial charge in [0.25, 0.3) is 5.91 Å². The van der Waals surface area contributed by atoms with Gasteiger partial charge in [-0.1, -0.05) is 6.07 Å². The van der Waals surface area contributed by atoms with E-state index in [9.17, 15) is 4.79 Å². The molecule has 0 bridgehead atoms. The lowest BCUT2D eigenvalue weighted by atomic mass is 10.1. The van der Waals surface area contributed by atoms with Crippen LogP contribution in [0, 0.1) is 13.8 Å². The second kappa shape index (κ2) is 7.70. The maximum absolute atomic E-state index is 12.2. The number of benzene rings is 2. The average Bonchev–Trinajstić information content (AvgIpc) is 3.18. The molecule has 2 aromatic carbocycles. The van der Waals surface area contributed by atoms with Crippen LogP contribution >= 0.6 is 12.2 Å². The Morgan fingerprint density at radius 2 is 1.81 bits per heavy atom. The van der Waals surface area contributed by atoms with Crippen LogP contribution in [0.5, 0.6) is 0 Å². The van der Waals surface area contributed by atoms with Gasteiger partial charge in [0.05, 0.1) is 5.69 Å². The fraction of sp³-hybridized carbons (Fsp3) is 0.118. The number of anilines is 1. The monoisotopic (exact) mass is 367 g/mol. The third-order valence-corrected chi connectivity index (χ3v) is 4.00. The minimum atomic E-state index is -0.308. The highest BCUT2D eigenvalue weighted by Gasteiger charge is 2.07. The number of carbonyl (C=O) groups excluding carboxylic acids is 1. The molecule has 0 aliphatic heterocycles. The number of hydrogen-bond donors (Lipinski definition) is 3. The quantitative estimate of drug-likeness (QED) is 0.481. The molecule has 0 fully saturated rings. The number of rotatable bonds is 3. The second-order valence-corrected chi connectivity index (χ2v) is 6.04. The summed E-state index contributed by atoms with van der Waals surface area (Å²) in [5.41, 5.74) is 9.69. The summed E-state index contributed by atoms with van der Waals surface area (Å²) in [5, 5.41) is 14.3. The number of thiocarbonyl (C=S) groups is 1. The van der Waals surface area contributed by atoms with Crippen LogP contribution in [0.1, 0.15) is 21.5 Å². The smallest absolute Gasteiger partial charge is 0.269 e. The Bertz CT molecular complexity index is 923. The van der Waals surface area contributed by atoms with Gasteiger partial charge in [-0.3, -0.25) is 15.6 Å². The van der Waals surface area contributed by atoms with E-state index >= 15 is 0 Å². The summed E-state index contributed by atoms with van der Waals surface area (Å²) in [6, 6.07) is 12.8. The Labute approximate surface area is 155 Å². The van der Waals surface area contributed by atoms with Crippen molar-refractivity contribution in [1.29, 1.82) is 0 Å². The van der Waals surface area contributed by atoms with E-state index in [4.69, 9.17) is 12.2 Å². The van der Waals surface area contributed by atoms with Gasteiger partial charge in [-0.15, -0.1) is 5.10 Å². The third-order valence-electron chi connectivity index (χ3n) is 3.80. The molecular weight excluding hydrogens is 350 g/mol. The normalized spacial score (nSPS) is 10.2. The second-order valence-electron chi connectivity index (χ2n) is 5.63. The molecular formula is C17H17N7OS. The molecule has 1 amide bonds. The van der Waals surface area contributed by atoms with Gasteiger partial charge < -0.3 is 5.32 Å². The summed E-state index contributed by atoms with van der Waals surface area (Å²) < 4.78 is 1.50. The molecule has 0 aliphatic carbocycles. The topological polar surface area (TPSA) is 96.8 Å². The molecule has 0 saturated carbocycles. The number of tetrazole rings is 1. The van der Waals surface area contributed by atoms with E-state index in [0.29, 0.717) is 10.7 Å². The Morgan fingerprint density at radius 3 is 2.46 bits per heavy atom. The first-order valence-electron chi connectivity index (χ1n) is 7.81. The Morgan fingerprint density at radius 1 is 1.04 bits per heavy atom. The standard InChI is InChI=1S/C17H17N7OS/c1-11-3-6-14(9-12(11)2)19-17(26)21-20-16(25)13-4-7-15(8-5-13)24-10-18-22-23-24/h3-10H,1-2H3,(H,20,25)(H2,19,21,26). The van der Waals surface area contributed by atoms with Crippen LogP contribution < -0.4 is 16.2 Å². The molecule has 0 unspecified atom stereocenters. The van der Waals surface area contributed by atoms with Crippen LogP contribution in [-0.2, 0) is 0 Å². The largest absolute Gasteiger partial charge is 0.331 e. The zero-order chi connectivity index (χ0) is 18.5. The molecule has 3 aromatic rings. The fourth-order valence-corrected chi connectivity index (χ4v) is 2.38. The van der Waals surface area contributed by atoms with Crippen molar-refractivity contribution in [2.45, 2.75) is 13.8 Å². The fourth-order valence-electron chi connectivity index (χ4n) is 2.21. The van der Waals surface area contributed by atoms with Gasteiger partial charge in [0.1, 0.15) is 6.33 Å². The van der Waals surface area contributed by atoms with Gasteiger partial charge in [0.2, 0.25) is 0 Å². The van der Waals surface area contributed by atoms with Crippen molar-refractivity contribution in [2.75, 3.05) is 5.32 Å². The van der Waals surface area contributed by atoms with Crippen molar-refractivity contribution in [2.24, 2.45) is 0 Å². The molecule has 8 nitrogen and oxygen atoms in total. The van der Waals surface area contributed by atoms with E-state index in [-0.39, 0.29) is 5.91 Å². The summed E-state index contributed by atoms with van der Waals surface area (Å²) in [5.74, 6) is -0.308. The summed E-state index contributed by atoms with van der Waals surface area (Å²) in [6.07, 6.45) is 1.48. The Kier molecular flexibility index (Phi) is 5.18. The van der Waals surface area contributed by atoms with Crippen molar-refractivity contribution in [3.63, 3.8) is 0 Å². The number of aryl methyl sites for hydroxylation is 2. The van der Waals surface area contributed by atoms with Crippen molar-refractivity contribution in [1.82, 2.24) is 31.1 Å². The van der Waals surface area contributed by atoms with Crippen LogP contribution in [0.15, 0.2) is 48.8 Å². The molecule has 0 saturated heterocycles. The zero-order valence-electron chi connectivity index (χ0n) is 14.2. The highest BCUT2D eigenvalue weighted by Crippen LogP contribution is 2.13. The first-order chi connectivity index (χ1) is 12.5. The van der Waals surface area contributed by atoms with E-state index in [1.165, 1.54) is 16.6 Å². The number of hydrogen-bond acceptors (Lipinski definition) is 5. The van der Waals surface area contributed by atoms with Gasteiger partial charge in [-0.25, -0.2) is 4.68 Å². The SMILES string of the molecule is Cc1ccc(NC(=S)NNC(=O)c2ccc(-n3cnnn3)cc2)cc1C. The van der Waals surface area contributed by atoms with Gasteiger partial charge in [-0.2, -0.15) is 0 Å². The highest BCUT2D eigenvalue weighted by molar-refractivity contribution is 7.80. The van der Waals surface area contributed by atoms with E-state index in [2.05, 4.69) is 31.7 Å². The average molecular weight is 367 g/mol. The molecule has 132 valence electrons. The highest BCUT2D eigenvalue weighted by atomic mass is 32.1. The maximum atomic E-state index is 12.2. The molecule has 9 heteroatoms. The first kappa shape index (κ1) is 17.5. The third kappa shape index (κ3) is 4.19. The lowest BCUT2D eigenvalue weighted by Crippen LogP contribution is -2.43. The molecule has 0 aliphatic rings. The van der Waals surface area contributed by atoms with Crippen molar-refractivity contribution in [3.05, 3.63) is 65.5 Å². The van der Waals surface area contributed by atoms with E-state index < -0.39 is 0 Å². The lowest BCUT2D eigenvalue weighted by Gasteiger charge is -2.12. The van der Waals surface area contributed by atoms with Gasteiger partial charge in [0, 0.05) is 11.3 Å². The summed E-state index contributed by atoms with van der Waals surface area (Å²) in [4.78, 5) is 12.2. The molecule has 1 aromatic heterocycles. The number of aromatic nitrogens is 4. The van der Waals surface area contributed by atoms with Crippen LogP contribution in [-0.4, -0.2) is 31.2 Å². The van der Waals surface area contributed by atoms with Crippen LogP contribution in [0.3, 0.4) is 0 Å². The number of amides is 1. The summed E-state index contributed by atoms with van der Waals surface area (Å²) in [6.45, 7) is 4.07. The molecule has 0 radical (unpaired) electrons. The molecule has 26 heavy (non-hydrogen) atoms. The predicted molar refractivity (Wildman–Crippen MR) is 102 cm³/mol. The molecule has 0 spiro atoms. The first-order valence-corrected chi connectivity index (χ1v) is 8.22. The maximum Gasteiger partial charge on any atom is 0.269 e. The number of carbonyl (C=O) groups is 1. The summed E-state index contributed by atoms with van der Waals surface area (Å²) in [7, 11) is 0. The number of nitrogens with zero attached hydrogens (tertiary/aromatic N) is 4. The van der Waals surface area contributed by atoms with Crippen molar-refractivity contribution >= 4 is 28.9 Å². The minimum absolute atomic E-state index is 0.298. The van der Waals surface area contributed by atoms with Crippen LogP contribution in [0.25, 0.3) is 5.69 Å². The van der Waals surface area contributed by atoms with Crippen LogP contribution in [0.4, 0.5) is 5.69 Å². The van der Waals surface area contributed by atoms with Gasteiger partial charge >= 0.3 is 0 Å². The van der Waals surface area contributed by atoms with E-state index in [0.717, 1.165) is 16.9 Å². The van der Waals surface area contributed by atoms with Crippen molar-refractivity contribution in [3.8, 4) is 5.69 Å². The molecule has 3 N–H and O–H groups in total. The number of nitrogens with one attached hydrogen (secondary N) is 3. The predicted octanol–water partition coefficient (Wildman–Crippen LogP) is 1.91. The van der Waals surface area contributed by atoms with Gasteiger partial charge in [0.15, 0.2) is 5.11 Å². The summed E-state index contributed by atoms with van der Waals surface area (Å²) >= 11 is 5.19. The van der Waals surface area contributed by atoms with E-state index in [1.807, 2.05) is 32.0 Å². The zero-order valence-corrected chi connectivity index (χ0v) is 15.0. The lowest BCUT2D eigenvalue weighted by molar-refractivity contribution is 0.0944. The van der Waals surface area contributed by atoms with Crippen molar-refractivity contribution < 1.29 is 4.79 Å². The minimum Gasteiger partial charge on any atom is -0.331 e. The molecule has 3 rings (SSSR count). The van der Waals surface area contributed by atoms with Crippen LogP contribution in [0.2, 0.25) is 0 Å². The molecule has 0 atom stereocenters. The van der Waals surface area contributed by atoms with E-state index in [1.54, 1.807) is 24.3 Å². The Hall–Kier alpha value is -3.33.